The number of nitrogens with one attached hydrogen (secondary N) is 1. The summed E-state index contributed by atoms with van der Waals surface area (Å²) in [6.07, 6.45) is -8.88. The molecular formula is C23H19BrF6N6O3. The molecule has 1 atom stereocenters. The van der Waals surface area contributed by atoms with Gasteiger partial charge in [0.05, 0.1) is 35.9 Å². The Kier molecular flexibility index (Phi) is 7.97. The average molecular weight is 621 g/mol. The summed E-state index contributed by atoms with van der Waals surface area (Å²) in [5.74, 6) is -1.17. The van der Waals surface area contributed by atoms with Gasteiger partial charge in [0.2, 0.25) is 4.73 Å². The highest BCUT2D eigenvalue weighted by Crippen LogP contribution is 2.36. The topological polar surface area (TPSA) is 102 Å². The van der Waals surface area contributed by atoms with Crippen LogP contribution in [0.15, 0.2) is 41.3 Å². The Balaban J connectivity index is 1.57. The van der Waals surface area contributed by atoms with Gasteiger partial charge in [0.25, 0.3) is 11.8 Å². The van der Waals surface area contributed by atoms with Gasteiger partial charge in [-0.15, -0.1) is 5.10 Å². The van der Waals surface area contributed by atoms with Crippen molar-refractivity contribution in [1.82, 2.24) is 30.0 Å². The van der Waals surface area contributed by atoms with E-state index in [0.29, 0.717) is 44.0 Å². The molecule has 2 aromatic heterocycles. The minimum absolute atomic E-state index is 0.0624. The number of aromatic nitrogens is 4. The molecule has 0 saturated carbocycles. The van der Waals surface area contributed by atoms with Crippen LogP contribution < -0.4 is 5.32 Å². The third-order valence-corrected chi connectivity index (χ3v) is 6.04. The molecule has 0 bridgehead atoms. The Morgan fingerprint density at radius 1 is 1.00 bits per heavy atom. The molecule has 0 radical (unpaired) electrons. The largest absolute Gasteiger partial charge is 0.416 e. The molecule has 3 aromatic rings. The molecule has 1 unspecified atom stereocenters. The molecule has 1 aliphatic heterocycles. The van der Waals surface area contributed by atoms with Crippen LogP contribution in [0.5, 0.6) is 0 Å². The zero-order valence-corrected chi connectivity index (χ0v) is 21.6. The van der Waals surface area contributed by atoms with Crippen molar-refractivity contribution in [3.05, 3.63) is 69.3 Å². The molecule has 4 rings (SSSR count). The van der Waals surface area contributed by atoms with Crippen molar-refractivity contribution in [2.75, 3.05) is 26.3 Å². The van der Waals surface area contributed by atoms with Crippen molar-refractivity contribution in [2.24, 2.45) is 0 Å². The number of carbonyl (C=O) groups is 2. The molecule has 1 saturated heterocycles. The number of alkyl halides is 6. The fourth-order valence-electron chi connectivity index (χ4n) is 3.76. The predicted octanol–water partition coefficient (Wildman–Crippen LogP) is 4.43. The predicted molar refractivity (Wildman–Crippen MR) is 126 cm³/mol. The van der Waals surface area contributed by atoms with Crippen molar-refractivity contribution in [3.8, 4) is 5.82 Å². The second-order valence-electron chi connectivity index (χ2n) is 8.45. The van der Waals surface area contributed by atoms with Crippen molar-refractivity contribution in [2.45, 2.75) is 25.3 Å². The monoisotopic (exact) mass is 620 g/mol. The molecule has 9 nitrogen and oxygen atoms in total. The van der Waals surface area contributed by atoms with Crippen LogP contribution in [0.3, 0.4) is 0 Å². The molecule has 0 spiro atoms. The third-order valence-electron chi connectivity index (χ3n) is 5.70. The first kappa shape index (κ1) is 28.5. The van der Waals surface area contributed by atoms with Gasteiger partial charge in [0.15, 0.2) is 11.6 Å². The smallest absolute Gasteiger partial charge is 0.378 e. The minimum Gasteiger partial charge on any atom is -0.378 e. The van der Waals surface area contributed by atoms with Crippen LogP contribution in [-0.2, 0) is 17.1 Å². The van der Waals surface area contributed by atoms with Gasteiger partial charge in [0.1, 0.15) is 0 Å². The summed E-state index contributed by atoms with van der Waals surface area (Å²) in [5.41, 5.74) is -3.75. The molecule has 0 aliphatic carbocycles. The van der Waals surface area contributed by atoms with E-state index in [1.54, 1.807) is 4.90 Å². The third kappa shape index (κ3) is 6.55. The molecule has 3 heterocycles. The quantitative estimate of drug-likeness (QED) is 0.424. The van der Waals surface area contributed by atoms with Gasteiger partial charge in [0, 0.05) is 24.8 Å². The lowest BCUT2D eigenvalue weighted by atomic mass is 10.0. The molecule has 39 heavy (non-hydrogen) atoms. The number of amides is 2. The van der Waals surface area contributed by atoms with Gasteiger partial charge in [-0.3, -0.25) is 9.59 Å². The van der Waals surface area contributed by atoms with E-state index in [1.807, 2.05) is 0 Å². The zero-order valence-electron chi connectivity index (χ0n) is 20.0. The first-order valence-corrected chi connectivity index (χ1v) is 12.1. The molecule has 1 N–H and O–H groups in total. The van der Waals surface area contributed by atoms with E-state index in [0.717, 1.165) is 0 Å². The Hall–Kier alpha value is -3.53. The summed E-state index contributed by atoms with van der Waals surface area (Å²) in [6, 6.07) is 2.58. The van der Waals surface area contributed by atoms with E-state index < -0.39 is 41.0 Å². The lowest BCUT2D eigenvalue weighted by Gasteiger charge is -2.26. The summed E-state index contributed by atoms with van der Waals surface area (Å²) in [5, 5.41) is 6.49. The maximum Gasteiger partial charge on any atom is 0.416 e. The van der Waals surface area contributed by atoms with Crippen LogP contribution in [0.1, 0.15) is 50.6 Å². The lowest BCUT2D eigenvalue weighted by Crippen LogP contribution is -2.40. The highest BCUT2D eigenvalue weighted by molar-refractivity contribution is 9.10. The van der Waals surface area contributed by atoms with E-state index in [-0.39, 0.29) is 28.3 Å². The summed E-state index contributed by atoms with van der Waals surface area (Å²) < 4.78 is 85.7. The standard InChI is InChI=1S/C23H19BrF6N6O3/c1-12(32-19(37)14-8-15(22(25,26)27)10-16(9-14)23(28,29)30)18-33-21(24)34-36(18)17-3-2-13(11-31-17)20(38)35-4-6-39-7-5-35/h2-3,8-12H,4-7H2,1H3,(H,32,37). The maximum absolute atomic E-state index is 13.2. The Labute approximate surface area is 225 Å². The van der Waals surface area contributed by atoms with Crippen LogP contribution in [0.25, 0.3) is 5.82 Å². The van der Waals surface area contributed by atoms with Crippen LogP contribution in [0.4, 0.5) is 26.3 Å². The fourth-order valence-corrected chi connectivity index (χ4v) is 4.10. The lowest BCUT2D eigenvalue weighted by molar-refractivity contribution is -0.143. The first-order chi connectivity index (χ1) is 18.2. The number of hydrogen-bond donors (Lipinski definition) is 1. The molecule has 2 amide bonds. The van der Waals surface area contributed by atoms with Gasteiger partial charge < -0.3 is 15.0 Å². The summed E-state index contributed by atoms with van der Waals surface area (Å²) in [6.45, 7) is 3.15. The van der Waals surface area contributed by atoms with Gasteiger partial charge in [-0.2, -0.15) is 31.0 Å². The van der Waals surface area contributed by atoms with Crippen LogP contribution in [0, 0.1) is 0 Å². The minimum atomic E-state index is -5.10. The van der Waals surface area contributed by atoms with Gasteiger partial charge in [-0.25, -0.2) is 9.97 Å². The average Bonchev–Trinajstić information content (AvgIpc) is 3.29. The van der Waals surface area contributed by atoms with Crippen LogP contribution >= 0.6 is 15.9 Å². The second-order valence-corrected chi connectivity index (χ2v) is 9.16. The summed E-state index contributed by atoms with van der Waals surface area (Å²) in [4.78, 5) is 35.4. The van der Waals surface area contributed by atoms with Gasteiger partial charge >= 0.3 is 12.4 Å². The van der Waals surface area contributed by atoms with Gasteiger partial charge in [-0.1, -0.05) is 0 Å². The van der Waals surface area contributed by atoms with Crippen LogP contribution in [-0.4, -0.2) is 62.8 Å². The highest BCUT2D eigenvalue weighted by Gasteiger charge is 2.37. The molecule has 208 valence electrons. The first-order valence-electron chi connectivity index (χ1n) is 11.3. The normalized spacial score (nSPS) is 15.2. The van der Waals surface area contributed by atoms with E-state index >= 15 is 0 Å². The number of halogens is 7. The van der Waals surface area contributed by atoms with E-state index in [1.165, 1.54) is 29.9 Å². The zero-order chi connectivity index (χ0) is 28.5. The highest BCUT2D eigenvalue weighted by atomic mass is 79.9. The second kappa shape index (κ2) is 10.9. The number of rotatable bonds is 5. The molecular weight excluding hydrogens is 602 g/mol. The SMILES string of the molecule is CC(NC(=O)c1cc(C(F)(F)F)cc(C(F)(F)F)c1)c1nc(Br)nn1-c1ccc(C(=O)N2CCOCC2)cn1. The number of carbonyl (C=O) groups excluding carboxylic acids is 2. The number of ether oxygens (including phenoxy) is 1. The van der Waals surface area contributed by atoms with Crippen molar-refractivity contribution >= 4 is 27.7 Å². The maximum atomic E-state index is 13.2. The molecule has 1 aliphatic rings. The number of nitrogens with zero attached hydrogens (tertiary/aromatic N) is 5. The van der Waals surface area contributed by atoms with Crippen molar-refractivity contribution in [1.29, 1.82) is 0 Å². The number of morpholine rings is 1. The molecule has 16 heteroatoms. The number of pyridine rings is 1. The molecule has 1 aromatic carbocycles. The Bertz CT molecular complexity index is 1340. The number of benzene rings is 1. The fraction of sp³-hybridized carbons (Fsp3) is 0.348. The van der Waals surface area contributed by atoms with E-state index in [9.17, 15) is 35.9 Å². The van der Waals surface area contributed by atoms with Crippen molar-refractivity contribution < 1.29 is 40.7 Å². The van der Waals surface area contributed by atoms with Crippen molar-refractivity contribution in [3.63, 3.8) is 0 Å². The Morgan fingerprint density at radius 2 is 1.62 bits per heavy atom. The van der Waals surface area contributed by atoms with Crippen LogP contribution in [0.2, 0.25) is 0 Å². The van der Waals surface area contributed by atoms with Gasteiger partial charge in [-0.05, 0) is 53.2 Å². The number of hydrogen-bond acceptors (Lipinski definition) is 6. The van der Waals surface area contributed by atoms with E-state index in [4.69, 9.17) is 4.74 Å². The Morgan fingerprint density at radius 3 is 2.15 bits per heavy atom. The molecule has 1 fully saturated rings. The van der Waals surface area contributed by atoms with E-state index in [2.05, 4.69) is 36.3 Å². The summed E-state index contributed by atoms with van der Waals surface area (Å²) >= 11 is 3.11. The summed E-state index contributed by atoms with van der Waals surface area (Å²) in [7, 11) is 0.